The quantitative estimate of drug-likeness (QED) is 0.262. The van der Waals surface area contributed by atoms with Gasteiger partial charge in [-0.25, -0.2) is 9.78 Å². The Hall–Kier alpha value is -0.380. The minimum Gasteiger partial charge on any atom is -0.351 e. The van der Waals surface area contributed by atoms with Crippen molar-refractivity contribution in [1.29, 1.82) is 0 Å². The fraction of sp³-hybridized carbons (Fsp3) is 0.818. The molecule has 1 unspecified atom stereocenters. The van der Waals surface area contributed by atoms with E-state index in [9.17, 15) is 0 Å². The fourth-order valence-electron chi connectivity index (χ4n) is 0.822. The van der Waals surface area contributed by atoms with Crippen LogP contribution >= 0.6 is 0 Å². The van der Waals surface area contributed by atoms with Crippen molar-refractivity contribution >= 4 is 0 Å². The molecule has 0 aliphatic rings. The van der Waals surface area contributed by atoms with Crippen LogP contribution in [-0.4, -0.2) is 19.0 Å². The molecule has 14 heavy (non-hydrogen) atoms. The summed E-state index contributed by atoms with van der Waals surface area (Å²) in [5, 5.41) is 0. The second-order valence-electron chi connectivity index (χ2n) is 3.70. The lowest BCUT2D eigenvalue weighted by atomic mass is 10.2. The Morgan fingerprint density at radius 2 is 2.07 bits per heavy atom. The largest absolute Gasteiger partial charge is 0.351 e. The van der Waals surface area contributed by atoms with Crippen molar-refractivity contribution in [2.24, 2.45) is 0 Å². The molecule has 0 rings (SSSR count). The third-order valence-corrected chi connectivity index (χ3v) is 1.97. The number of hydrogen-bond acceptors (Lipinski definition) is 3. The maximum absolute atomic E-state index is 5.21. The van der Waals surface area contributed by atoms with Gasteiger partial charge in [0, 0.05) is 7.11 Å². The van der Waals surface area contributed by atoms with Gasteiger partial charge in [0.2, 0.25) is 0 Å². The first kappa shape index (κ1) is 13.6. The van der Waals surface area contributed by atoms with E-state index >= 15 is 0 Å². The second kappa shape index (κ2) is 6.98. The summed E-state index contributed by atoms with van der Waals surface area (Å²) in [4.78, 5) is 10.3. The van der Waals surface area contributed by atoms with E-state index in [1.165, 1.54) is 0 Å². The molecule has 0 aromatic heterocycles. The van der Waals surface area contributed by atoms with Gasteiger partial charge in [-0.2, -0.15) is 0 Å². The summed E-state index contributed by atoms with van der Waals surface area (Å²) in [6.45, 7) is 9.43. The zero-order valence-corrected chi connectivity index (χ0v) is 9.71. The van der Waals surface area contributed by atoms with Crippen molar-refractivity contribution in [2.75, 3.05) is 7.11 Å². The first-order valence-corrected chi connectivity index (χ1v) is 5.08. The molecule has 0 aliphatic carbocycles. The van der Waals surface area contributed by atoms with Crippen LogP contribution in [0.4, 0.5) is 0 Å². The number of methoxy groups -OCH3 is 1. The van der Waals surface area contributed by atoms with Gasteiger partial charge in [0.25, 0.3) is 0 Å². The molecule has 0 N–H and O–H groups in total. The zero-order chi connectivity index (χ0) is 11.0. The van der Waals surface area contributed by atoms with Crippen LogP contribution in [0, 0.1) is 0 Å². The summed E-state index contributed by atoms with van der Waals surface area (Å²) in [7, 11) is 1.58. The van der Waals surface area contributed by atoms with E-state index in [0.717, 1.165) is 19.3 Å². The summed E-state index contributed by atoms with van der Waals surface area (Å²) in [6, 6.07) is 0. The predicted molar refractivity (Wildman–Crippen MR) is 56.8 cm³/mol. The van der Waals surface area contributed by atoms with Crippen LogP contribution in [0.1, 0.15) is 40.0 Å². The molecule has 0 radical (unpaired) electrons. The molecule has 0 fully saturated rings. The first-order chi connectivity index (χ1) is 6.55. The van der Waals surface area contributed by atoms with Crippen molar-refractivity contribution in [2.45, 2.75) is 51.9 Å². The van der Waals surface area contributed by atoms with E-state index in [2.05, 4.69) is 13.5 Å². The van der Waals surface area contributed by atoms with Gasteiger partial charge in [0.15, 0.2) is 5.79 Å². The highest BCUT2D eigenvalue weighted by atomic mass is 17.2. The van der Waals surface area contributed by atoms with E-state index in [-0.39, 0.29) is 6.10 Å². The van der Waals surface area contributed by atoms with Crippen LogP contribution in [0.2, 0.25) is 0 Å². The molecular weight excluding hydrogens is 180 g/mol. The van der Waals surface area contributed by atoms with Crippen LogP contribution in [0.15, 0.2) is 12.7 Å². The van der Waals surface area contributed by atoms with E-state index < -0.39 is 5.79 Å². The van der Waals surface area contributed by atoms with Crippen LogP contribution in [-0.2, 0) is 14.5 Å². The Morgan fingerprint density at radius 3 is 2.50 bits per heavy atom. The molecule has 1 atom stereocenters. The lowest BCUT2D eigenvalue weighted by molar-refractivity contribution is -0.425. The topological polar surface area (TPSA) is 27.7 Å². The average molecular weight is 202 g/mol. The van der Waals surface area contributed by atoms with Gasteiger partial charge < -0.3 is 4.74 Å². The third kappa shape index (κ3) is 6.13. The molecule has 0 saturated heterocycles. The van der Waals surface area contributed by atoms with Crippen LogP contribution in [0.5, 0.6) is 0 Å². The lowest BCUT2D eigenvalue weighted by Crippen LogP contribution is -2.29. The van der Waals surface area contributed by atoms with Crippen LogP contribution in [0.3, 0.4) is 0 Å². The highest BCUT2D eigenvalue weighted by Crippen LogP contribution is 2.14. The van der Waals surface area contributed by atoms with Gasteiger partial charge in [-0.15, -0.1) is 6.58 Å². The Morgan fingerprint density at radius 1 is 1.43 bits per heavy atom. The summed E-state index contributed by atoms with van der Waals surface area (Å²) < 4.78 is 5.06. The van der Waals surface area contributed by atoms with Crippen molar-refractivity contribution < 1.29 is 14.5 Å². The Bertz CT molecular complexity index is 155. The molecule has 3 nitrogen and oxygen atoms in total. The molecule has 0 amide bonds. The number of unbranched alkanes of at least 4 members (excludes halogenated alkanes) is 1. The monoisotopic (exact) mass is 202 g/mol. The average Bonchev–Trinajstić information content (AvgIpc) is 2.18. The Labute approximate surface area is 87.0 Å². The lowest BCUT2D eigenvalue weighted by Gasteiger charge is -2.23. The van der Waals surface area contributed by atoms with Crippen LogP contribution < -0.4 is 0 Å². The SMILES string of the molecule is C=CC(CCCC)OOC(C)(C)OC. The maximum Gasteiger partial charge on any atom is 0.195 e. The zero-order valence-electron chi connectivity index (χ0n) is 9.71. The summed E-state index contributed by atoms with van der Waals surface area (Å²) in [5.41, 5.74) is 0. The van der Waals surface area contributed by atoms with Crippen molar-refractivity contribution in [3.63, 3.8) is 0 Å². The molecule has 3 heteroatoms. The second-order valence-corrected chi connectivity index (χ2v) is 3.70. The van der Waals surface area contributed by atoms with E-state index in [4.69, 9.17) is 14.5 Å². The minimum atomic E-state index is -0.701. The van der Waals surface area contributed by atoms with Crippen LogP contribution in [0.25, 0.3) is 0 Å². The van der Waals surface area contributed by atoms with Gasteiger partial charge in [0.05, 0.1) is 0 Å². The highest BCUT2D eigenvalue weighted by molar-refractivity contribution is 4.78. The molecule has 84 valence electrons. The van der Waals surface area contributed by atoms with Gasteiger partial charge in [-0.3, -0.25) is 0 Å². The van der Waals surface area contributed by atoms with Crippen molar-refractivity contribution in [3.05, 3.63) is 12.7 Å². The molecule has 0 aromatic rings. The van der Waals surface area contributed by atoms with Gasteiger partial charge in [0.1, 0.15) is 6.10 Å². The molecule has 0 aliphatic heterocycles. The summed E-state index contributed by atoms with van der Waals surface area (Å²) >= 11 is 0. The Balaban J connectivity index is 3.77. The van der Waals surface area contributed by atoms with E-state index in [0.29, 0.717) is 0 Å². The van der Waals surface area contributed by atoms with Gasteiger partial charge >= 0.3 is 0 Å². The normalized spacial score (nSPS) is 14.0. The molecular formula is C11H22O3. The fourth-order valence-corrected chi connectivity index (χ4v) is 0.822. The molecule has 0 heterocycles. The van der Waals surface area contributed by atoms with Crippen molar-refractivity contribution in [3.8, 4) is 0 Å². The number of hydrogen-bond donors (Lipinski definition) is 0. The molecule has 0 spiro atoms. The number of ether oxygens (including phenoxy) is 1. The smallest absolute Gasteiger partial charge is 0.195 e. The highest BCUT2D eigenvalue weighted by Gasteiger charge is 2.19. The standard InChI is InChI=1S/C11H22O3/c1-6-8-9-10(7-2)13-14-11(3,4)12-5/h7,10H,2,6,8-9H2,1,3-5H3. The molecule has 0 aromatic carbocycles. The molecule has 0 saturated carbocycles. The predicted octanol–water partition coefficient (Wildman–Crippen LogP) is 3.06. The third-order valence-electron chi connectivity index (χ3n) is 1.97. The molecule has 0 bridgehead atoms. The Kier molecular flexibility index (Phi) is 6.79. The van der Waals surface area contributed by atoms with E-state index in [1.807, 2.05) is 0 Å². The minimum absolute atomic E-state index is 0.0515. The van der Waals surface area contributed by atoms with Gasteiger partial charge in [-0.1, -0.05) is 25.8 Å². The van der Waals surface area contributed by atoms with E-state index in [1.54, 1.807) is 27.0 Å². The van der Waals surface area contributed by atoms with Crippen molar-refractivity contribution in [1.82, 2.24) is 0 Å². The summed E-state index contributed by atoms with van der Waals surface area (Å²) in [6.07, 6.45) is 4.88. The first-order valence-electron chi connectivity index (χ1n) is 5.08. The van der Waals surface area contributed by atoms with Gasteiger partial charge in [-0.05, 0) is 20.3 Å². The maximum atomic E-state index is 5.21. The summed E-state index contributed by atoms with van der Waals surface area (Å²) in [5.74, 6) is -0.701. The number of rotatable bonds is 8.